The number of unbranched alkanes of at least 4 members (excludes halogenated alkanes) is 1. The van der Waals surface area contributed by atoms with E-state index in [0.717, 1.165) is 46.7 Å². The van der Waals surface area contributed by atoms with E-state index in [1.54, 1.807) is 37.4 Å². The summed E-state index contributed by atoms with van der Waals surface area (Å²) in [5.41, 5.74) is 4.71. The summed E-state index contributed by atoms with van der Waals surface area (Å²) < 4.78 is 26.3. The van der Waals surface area contributed by atoms with E-state index in [1.165, 1.54) is 0 Å². The maximum absolute atomic E-state index is 14.5. The van der Waals surface area contributed by atoms with Crippen molar-refractivity contribution < 1.29 is 32.1 Å². The molecule has 8 nitrogen and oxygen atoms in total. The number of Topliss-reactive ketones (excluding diaryl/α,β-unsaturated/α-hetero) is 2. The maximum atomic E-state index is 14.5. The number of hydrogen-bond donors (Lipinski definition) is 1. The number of ketones is 2. The Balaban J connectivity index is 1.33. The predicted molar refractivity (Wildman–Crippen MR) is 225 cm³/mol. The Hall–Kier alpha value is -4.31. The van der Waals surface area contributed by atoms with Gasteiger partial charge in [0.15, 0.2) is 15.6 Å². The van der Waals surface area contributed by atoms with Gasteiger partial charge in [-0.05, 0) is 111 Å². The Morgan fingerprint density at radius 2 is 1.62 bits per heavy atom. The van der Waals surface area contributed by atoms with Crippen LogP contribution in [0, 0.1) is 11.8 Å². The summed E-state index contributed by atoms with van der Waals surface area (Å²) in [6.07, 6.45) is 14.8. The lowest BCUT2D eigenvalue weighted by atomic mass is 9.74. The first kappa shape index (κ1) is 41.3. The van der Waals surface area contributed by atoms with Gasteiger partial charge in [-0.2, -0.15) is 4.48 Å². The molecule has 1 heterocycles. The van der Waals surface area contributed by atoms with Crippen molar-refractivity contribution in [2.24, 2.45) is 11.8 Å². The first-order chi connectivity index (χ1) is 26.3. The molecule has 0 spiro atoms. The smallest absolute Gasteiger partial charge is 0.311 e. The number of likely N-dealkylation sites (N-methyl/N-ethyl adjacent to an activating group) is 1. The number of carbonyl (C=O) groups excluding carboxylic acids is 4. The normalized spacial score (nSPS) is 23.3. The van der Waals surface area contributed by atoms with E-state index in [9.17, 15) is 27.6 Å². The molecule has 0 radical (unpaired) electrons. The van der Waals surface area contributed by atoms with Gasteiger partial charge >= 0.3 is 11.8 Å². The van der Waals surface area contributed by atoms with Crippen LogP contribution < -0.4 is 15.8 Å². The van der Waals surface area contributed by atoms with Crippen molar-refractivity contribution in [3.05, 3.63) is 98.3 Å². The zero-order valence-electron chi connectivity index (χ0n) is 34.3. The van der Waals surface area contributed by atoms with E-state index in [-0.39, 0.29) is 56.9 Å². The Kier molecular flexibility index (Phi) is 11.2. The molecule has 0 fully saturated rings. The van der Waals surface area contributed by atoms with E-state index in [4.69, 9.17) is 0 Å². The monoisotopic (exact) mass is 777 g/mol. The minimum Gasteiger partial charge on any atom is -0.311 e. The molecule has 0 saturated heterocycles. The van der Waals surface area contributed by atoms with Gasteiger partial charge in [0, 0.05) is 29.6 Å². The van der Waals surface area contributed by atoms with E-state index in [1.807, 2.05) is 58.0 Å². The molecule has 4 aliphatic rings. The lowest BCUT2D eigenvalue weighted by Gasteiger charge is -2.45. The summed E-state index contributed by atoms with van der Waals surface area (Å²) in [4.78, 5) is 57.3. The van der Waals surface area contributed by atoms with Crippen LogP contribution in [0.25, 0.3) is 28.9 Å². The largest absolute Gasteiger partial charge is 0.354 e. The average molecular weight is 778 g/mol. The number of fused-ring (bicyclic) bond motifs is 5. The molecular formula is C47H57N2O6S+. The quantitative estimate of drug-likeness (QED) is 0.114. The fourth-order valence-corrected chi connectivity index (χ4v) is 10.2. The van der Waals surface area contributed by atoms with Gasteiger partial charge in [0.1, 0.15) is 11.3 Å². The van der Waals surface area contributed by atoms with Gasteiger partial charge in [-0.25, -0.2) is 18.0 Å². The number of imide groups is 1. The van der Waals surface area contributed by atoms with E-state index in [0.29, 0.717) is 46.9 Å². The van der Waals surface area contributed by atoms with Crippen LogP contribution in [0.3, 0.4) is 0 Å². The number of sulfone groups is 1. The van der Waals surface area contributed by atoms with Crippen LogP contribution in [-0.2, 0) is 25.8 Å². The summed E-state index contributed by atoms with van der Waals surface area (Å²) in [7, 11) is -1.84. The van der Waals surface area contributed by atoms with Gasteiger partial charge in [0.05, 0.1) is 34.8 Å². The molecule has 296 valence electrons. The van der Waals surface area contributed by atoms with Crippen molar-refractivity contribution in [2.75, 3.05) is 19.3 Å². The molecule has 0 aromatic heterocycles. The molecular weight excluding hydrogens is 721 g/mol. The van der Waals surface area contributed by atoms with Crippen molar-refractivity contribution in [3.63, 3.8) is 0 Å². The molecule has 0 saturated carbocycles. The minimum absolute atomic E-state index is 0.0173. The number of nitrogens with one attached hydrogen (secondary N) is 1. The molecule has 1 N–H and O–H groups in total. The number of benzene rings is 2. The fourth-order valence-electron chi connectivity index (χ4n) is 8.91. The van der Waals surface area contributed by atoms with Crippen molar-refractivity contribution in [1.82, 2.24) is 5.32 Å². The van der Waals surface area contributed by atoms with Crippen LogP contribution in [0.2, 0.25) is 0 Å². The van der Waals surface area contributed by atoms with Crippen molar-refractivity contribution in [1.29, 1.82) is 0 Å². The van der Waals surface area contributed by atoms with Gasteiger partial charge in [-0.15, -0.1) is 0 Å². The Morgan fingerprint density at radius 3 is 2.27 bits per heavy atom. The third kappa shape index (κ3) is 6.90. The lowest BCUT2D eigenvalue weighted by molar-refractivity contribution is -0.803. The summed E-state index contributed by atoms with van der Waals surface area (Å²) in [5.74, 6) is -2.59. The Labute approximate surface area is 332 Å². The van der Waals surface area contributed by atoms with Crippen LogP contribution in [0.5, 0.6) is 0 Å². The molecule has 9 heteroatoms. The second-order valence-corrected chi connectivity index (χ2v) is 19.3. The average Bonchev–Trinajstić information content (AvgIpc) is 3.16. The summed E-state index contributed by atoms with van der Waals surface area (Å²) in [6, 6.07) is 7.41. The zero-order chi connectivity index (χ0) is 41.0. The molecule has 2 bridgehead atoms. The number of rotatable bonds is 11. The molecule has 6 rings (SSSR count). The molecule has 2 aromatic carbocycles. The van der Waals surface area contributed by atoms with Gasteiger partial charge in [0.2, 0.25) is 0 Å². The lowest BCUT2D eigenvalue weighted by Crippen LogP contribution is -2.67. The molecule has 2 aromatic rings. The third-order valence-electron chi connectivity index (χ3n) is 13.1. The highest BCUT2D eigenvalue weighted by atomic mass is 32.2. The highest BCUT2D eigenvalue weighted by Crippen LogP contribution is 2.44. The number of carbonyl (C=O) groups is 4. The predicted octanol–water partition coefficient (Wildman–Crippen LogP) is 6.95. The van der Waals surface area contributed by atoms with Crippen LogP contribution in [-0.4, -0.2) is 66.7 Å². The third-order valence-corrected chi connectivity index (χ3v) is 14.8. The number of hydrogen-bond acceptors (Lipinski definition) is 7. The van der Waals surface area contributed by atoms with Crippen molar-refractivity contribution in [2.45, 2.75) is 104 Å². The Morgan fingerprint density at radius 1 is 0.946 bits per heavy atom. The summed E-state index contributed by atoms with van der Waals surface area (Å²) in [6.45, 7) is 18.8. The molecule has 3 unspecified atom stereocenters. The van der Waals surface area contributed by atoms with Crippen LogP contribution in [0.1, 0.15) is 119 Å². The maximum Gasteiger partial charge on any atom is 0.354 e. The number of allylic oxidation sites excluding steroid dienone is 6. The van der Waals surface area contributed by atoms with Crippen LogP contribution in [0.4, 0.5) is 0 Å². The highest BCUT2D eigenvalue weighted by Gasteiger charge is 2.57. The van der Waals surface area contributed by atoms with Crippen LogP contribution in [0.15, 0.2) is 65.6 Å². The number of quaternary nitrogens is 1. The SMILES string of the molecule is C=c1c2ccc3c1=C(C=CCC(=O)C(C1C=CC(S(=O)(=O)CCNC(C)(C)CCCC)=CC1)C2=O)Cc1c-3ccc2c1C(=CC)C(=O)[N+](C)(C(C)(C)CC)C2=O. The number of nitrogens with zero attached hydrogens (tertiary/aromatic N) is 1. The zero-order valence-corrected chi connectivity index (χ0v) is 35.1. The van der Waals surface area contributed by atoms with Crippen molar-refractivity contribution in [3.8, 4) is 11.1 Å². The van der Waals surface area contributed by atoms with Gasteiger partial charge in [0.25, 0.3) is 0 Å². The molecule has 3 aliphatic carbocycles. The molecule has 2 amide bonds. The van der Waals surface area contributed by atoms with E-state index >= 15 is 0 Å². The topological polar surface area (TPSA) is 114 Å². The minimum atomic E-state index is -3.57. The standard InChI is InChI=1S/C47H57N2O6S/c1-10-13-25-46(5,6)48-26-27-56(54,55)32-19-17-30(18-20-32)41-39(50)16-14-15-31-28-38-35(36-23-21-34(43(41)51)29(4)40(31)36)22-24-37-42(38)33(11-2)44(52)49(9,45(37)53)47(7,8)12-3/h11,14-15,17,19-24,30,41,48H,4,10,12-13,16,18,25-28H2,1-3,5-9H3/q+1. The first-order valence-corrected chi connectivity index (χ1v) is 21.7. The van der Waals surface area contributed by atoms with Crippen molar-refractivity contribution >= 4 is 50.9 Å². The molecule has 56 heavy (non-hydrogen) atoms. The van der Waals surface area contributed by atoms with E-state index < -0.39 is 27.2 Å². The first-order valence-electron chi connectivity index (χ1n) is 20.1. The second-order valence-electron chi connectivity index (χ2n) is 17.2. The molecule has 1 aliphatic heterocycles. The Bertz CT molecular complexity index is 2390. The van der Waals surface area contributed by atoms with Gasteiger partial charge in [-0.3, -0.25) is 9.59 Å². The fraction of sp³-hybridized carbons (Fsp3) is 0.447. The van der Waals surface area contributed by atoms with Gasteiger partial charge < -0.3 is 5.32 Å². The molecule has 3 atom stereocenters. The highest BCUT2D eigenvalue weighted by molar-refractivity contribution is 7.95. The second kappa shape index (κ2) is 15.2. The number of amides is 2. The summed E-state index contributed by atoms with van der Waals surface area (Å²) in [5, 5.41) is 4.72. The van der Waals surface area contributed by atoms with Crippen LogP contribution >= 0.6 is 0 Å². The van der Waals surface area contributed by atoms with Gasteiger partial charge in [-0.1, -0.05) is 81.8 Å². The summed E-state index contributed by atoms with van der Waals surface area (Å²) >= 11 is 0. The van der Waals surface area contributed by atoms with E-state index in [2.05, 4.69) is 32.7 Å².